The number of nitro groups is 1. The van der Waals surface area contributed by atoms with Gasteiger partial charge in [-0.15, -0.1) is 0 Å². The van der Waals surface area contributed by atoms with Crippen molar-refractivity contribution in [2.75, 3.05) is 24.5 Å². The van der Waals surface area contributed by atoms with Gasteiger partial charge in [0.05, 0.1) is 4.92 Å². The highest BCUT2D eigenvalue weighted by Gasteiger charge is 2.21. The fourth-order valence-electron chi connectivity index (χ4n) is 2.94. The van der Waals surface area contributed by atoms with Crippen molar-refractivity contribution in [3.8, 4) is 0 Å². The molecule has 1 unspecified atom stereocenters. The van der Waals surface area contributed by atoms with Crippen molar-refractivity contribution in [3.63, 3.8) is 0 Å². The van der Waals surface area contributed by atoms with E-state index in [9.17, 15) is 10.1 Å². The first-order valence-corrected chi connectivity index (χ1v) is 7.70. The number of hydrogen-bond acceptors (Lipinski definition) is 4. The number of aryl methyl sites for hydroxylation is 1. The molecule has 0 radical (unpaired) electrons. The molecule has 0 amide bonds. The quantitative estimate of drug-likeness (QED) is 0.646. The van der Waals surface area contributed by atoms with Crippen LogP contribution in [0.25, 0.3) is 0 Å². The van der Waals surface area contributed by atoms with Gasteiger partial charge in [0.2, 0.25) is 0 Å². The molecule has 0 aromatic heterocycles. The van der Waals surface area contributed by atoms with E-state index >= 15 is 0 Å². The molecule has 2 rings (SSSR count). The van der Waals surface area contributed by atoms with Crippen LogP contribution in [0.4, 0.5) is 11.4 Å². The Labute approximate surface area is 126 Å². The SMILES string of the molecule is Cc1ccc([N+](=O)[O-])cc1N(CC(C)C)CC1CCCN1. The topological polar surface area (TPSA) is 58.4 Å². The zero-order chi connectivity index (χ0) is 15.4. The molecular formula is C16H25N3O2. The average molecular weight is 291 g/mol. The summed E-state index contributed by atoms with van der Waals surface area (Å²) < 4.78 is 0. The van der Waals surface area contributed by atoms with Crippen LogP contribution in [0.2, 0.25) is 0 Å². The van der Waals surface area contributed by atoms with Gasteiger partial charge < -0.3 is 10.2 Å². The molecule has 1 aliphatic rings. The number of nitro benzene ring substituents is 1. The number of hydrogen-bond donors (Lipinski definition) is 1. The van der Waals surface area contributed by atoms with Crippen LogP contribution in [0.3, 0.4) is 0 Å². The van der Waals surface area contributed by atoms with Crippen molar-refractivity contribution in [2.45, 2.75) is 39.7 Å². The molecular weight excluding hydrogens is 266 g/mol. The van der Waals surface area contributed by atoms with E-state index in [0.29, 0.717) is 12.0 Å². The van der Waals surface area contributed by atoms with Crippen LogP contribution in [-0.4, -0.2) is 30.6 Å². The first-order valence-electron chi connectivity index (χ1n) is 7.70. The lowest BCUT2D eigenvalue weighted by molar-refractivity contribution is -0.384. The number of anilines is 1. The Balaban J connectivity index is 2.25. The van der Waals surface area contributed by atoms with Gasteiger partial charge in [-0.05, 0) is 37.8 Å². The summed E-state index contributed by atoms with van der Waals surface area (Å²) in [5.74, 6) is 0.519. The molecule has 1 heterocycles. The minimum Gasteiger partial charge on any atom is -0.369 e. The number of non-ortho nitro benzene ring substituents is 1. The summed E-state index contributed by atoms with van der Waals surface area (Å²) in [6, 6.07) is 5.64. The van der Waals surface area contributed by atoms with Crippen LogP contribution >= 0.6 is 0 Å². The molecule has 116 valence electrons. The number of benzene rings is 1. The van der Waals surface area contributed by atoms with E-state index in [1.807, 2.05) is 13.0 Å². The highest BCUT2D eigenvalue weighted by atomic mass is 16.6. The third kappa shape index (κ3) is 4.17. The Kier molecular flexibility index (Phi) is 5.17. The second kappa shape index (κ2) is 6.89. The Morgan fingerprint density at radius 2 is 2.24 bits per heavy atom. The van der Waals surface area contributed by atoms with Gasteiger partial charge in [0.25, 0.3) is 5.69 Å². The van der Waals surface area contributed by atoms with E-state index in [1.54, 1.807) is 12.1 Å². The van der Waals surface area contributed by atoms with E-state index in [-0.39, 0.29) is 10.6 Å². The molecule has 1 aliphatic heterocycles. The van der Waals surface area contributed by atoms with Crippen molar-refractivity contribution in [1.29, 1.82) is 0 Å². The third-order valence-corrected chi connectivity index (χ3v) is 3.93. The van der Waals surface area contributed by atoms with Crippen molar-refractivity contribution in [2.24, 2.45) is 5.92 Å². The van der Waals surface area contributed by atoms with E-state index < -0.39 is 0 Å². The summed E-state index contributed by atoms with van der Waals surface area (Å²) in [6.45, 7) is 9.30. The van der Waals surface area contributed by atoms with Crippen molar-refractivity contribution < 1.29 is 4.92 Å². The van der Waals surface area contributed by atoms with Gasteiger partial charge in [0.15, 0.2) is 0 Å². The van der Waals surface area contributed by atoms with E-state index in [4.69, 9.17) is 0 Å². The predicted octanol–water partition coefficient (Wildman–Crippen LogP) is 3.12. The van der Waals surface area contributed by atoms with Crippen LogP contribution in [0, 0.1) is 23.0 Å². The van der Waals surface area contributed by atoms with Gasteiger partial charge in [-0.1, -0.05) is 19.9 Å². The summed E-state index contributed by atoms with van der Waals surface area (Å²) in [7, 11) is 0. The van der Waals surface area contributed by atoms with Crippen molar-refractivity contribution in [1.82, 2.24) is 5.32 Å². The third-order valence-electron chi connectivity index (χ3n) is 3.93. The van der Waals surface area contributed by atoms with Crippen LogP contribution in [0.15, 0.2) is 18.2 Å². The normalized spacial score (nSPS) is 18.2. The first kappa shape index (κ1) is 15.8. The van der Waals surface area contributed by atoms with E-state index in [0.717, 1.165) is 30.9 Å². The van der Waals surface area contributed by atoms with Crippen molar-refractivity contribution >= 4 is 11.4 Å². The van der Waals surface area contributed by atoms with E-state index in [2.05, 4.69) is 24.1 Å². The fourth-order valence-corrected chi connectivity index (χ4v) is 2.94. The van der Waals surface area contributed by atoms with Gasteiger partial charge in [-0.25, -0.2) is 0 Å². The molecule has 0 aliphatic carbocycles. The standard InChI is InChI=1S/C16H25N3O2/c1-12(2)10-18(11-14-5-4-8-17-14)16-9-15(19(20)21)7-6-13(16)3/h6-7,9,12,14,17H,4-5,8,10-11H2,1-3H3. The number of rotatable bonds is 6. The second-order valence-corrected chi connectivity index (χ2v) is 6.32. The first-order chi connectivity index (χ1) is 9.97. The number of nitrogens with one attached hydrogen (secondary N) is 1. The van der Waals surface area contributed by atoms with Crippen molar-refractivity contribution in [3.05, 3.63) is 33.9 Å². The molecule has 21 heavy (non-hydrogen) atoms. The number of nitrogens with zero attached hydrogens (tertiary/aromatic N) is 2. The summed E-state index contributed by atoms with van der Waals surface area (Å²) in [6.07, 6.45) is 2.40. The smallest absolute Gasteiger partial charge is 0.271 e. The molecule has 0 bridgehead atoms. The maximum Gasteiger partial charge on any atom is 0.271 e. The molecule has 5 heteroatoms. The van der Waals surface area contributed by atoms with Gasteiger partial charge in [0.1, 0.15) is 0 Å². The zero-order valence-electron chi connectivity index (χ0n) is 13.1. The summed E-state index contributed by atoms with van der Waals surface area (Å²) in [5, 5.41) is 14.5. The molecule has 1 fully saturated rings. The highest BCUT2D eigenvalue weighted by molar-refractivity contribution is 5.59. The molecule has 0 saturated carbocycles. The maximum absolute atomic E-state index is 11.0. The summed E-state index contributed by atoms with van der Waals surface area (Å²) >= 11 is 0. The molecule has 1 saturated heterocycles. The predicted molar refractivity (Wildman–Crippen MR) is 85.9 cm³/mol. The minimum absolute atomic E-state index is 0.170. The monoisotopic (exact) mass is 291 g/mol. The van der Waals surface area contributed by atoms with Gasteiger partial charge in [-0.2, -0.15) is 0 Å². The summed E-state index contributed by atoms with van der Waals surface area (Å²) in [4.78, 5) is 13.0. The lowest BCUT2D eigenvalue weighted by atomic mass is 10.1. The summed E-state index contributed by atoms with van der Waals surface area (Å²) in [5.41, 5.74) is 2.26. The molecule has 1 aromatic carbocycles. The molecule has 5 nitrogen and oxygen atoms in total. The Morgan fingerprint density at radius 3 is 2.81 bits per heavy atom. The highest BCUT2D eigenvalue weighted by Crippen LogP contribution is 2.27. The molecule has 0 spiro atoms. The molecule has 1 aromatic rings. The minimum atomic E-state index is -0.315. The second-order valence-electron chi connectivity index (χ2n) is 6.32. The molecule has 1 atom stereocenters. The Bertz CT molecular complexity index is 496. The zero-order valence-corrected chi connectivity index (χ0v) is 13.1. The lowest BCUT2D eigenvalue weighted by Gasteiger charge is -2.30. The molecule has 1 N–H and O–H groups in total. The van der Waals surface area contributed by atoms with E-state index in [1.165, 1.54) is 12.8 Å². The van der Waals surface area contributed by atoms with Crippen LogP contribution in [-0.2, 0) is 0 Å². The maximum atomic E-state index is 11.0. The van der Waals surface area contributed by atoms with Gasteiger partial charge in [-0.3, -0.25) is 10.1 Å². The Hall–Kier alpha value is -1.62. The average Bonchev–Trinajstić information content (AvgIpc) is 2.90. The van der Waals surface area contributed by atoms with Gasteiger partial charge >= 0.3 is 0 Å². The Morgan fingerprint density at radius 1 is 1.48 bits per heavy atom. The fraction of sp³-hybridized carbons (Fsp3) is 0.625. The van der Waals surface area contributed by atoms with Crippen LogP contribution < -0.4 is 10.2 Å². The van der Waals surface area contributed by atoms with Gasteiger partial charge in [0, 0.05) is 37.0 Å². The largest absolute Gasteiger partial charge is 0.369 e. The lowest BCUT2D eigenvalue weighted by Crippen LogP contribution is -2.39. The van der Waals surface area contributed by atoms with Crippen LogP contribution in [0.1, 0.15) is 32.3 Å². The van der Waals surface area contributed by atoms with Crippen LogP contribution in [0.5, 0.6) is 0 Å².